The van der Waals surface area contributed by atoms with E-state index in [9.17, 15) is 19.2 Å². The number of hydrogen-bond acceptors (Lipinski definition) is 11. The first-order valence-electron chi connectivity index (χ1n) is 9.80. The van der Waals surface area contributed by atoms with Crippen molar-refractivity contribution in [1.82, 2.24) is 0 Å². The molecule has 0 N–H and O–H groups in total. The van der Waals surface area contributed by atoms with Crippen LogP contribution in [0.5, 0.6) is 0 Å². The van der Waals surface area contributed by atoms with Gasteiger partial charge in [-0.3, -0.25) is 19.2 Å². The van der Waals surface area contributed by atoms with E-state index in [-0.39, 0.29) is 13.2 Å². The molecule has 0 aromatic heterocycles. The van der Waals surface area contributed by atoms with Crippen molar-refractivity contribution in [2.45, 2.75) is 65.0 Å². The van der Waals surface area contributed by atoms with Gasteiger partial charge < -0.3 is 23.7 Å². The molecule has 2 rings (SSSR count). The van der Waals surface area contributed by atoms with Crippen molar-refractivity contribution in [2.24, 2.45) is 0 Å². The van der Waals surface area contributed by atoms with Crippen LogP contribution in [-0.2, 0) is 59.2 Å². The molecule has 0 amide bonds. The van der Waals surface area contributed by atoms with Crippen LogP contribution < -0.4 is 0 Å². The Balaban J connectivity index is 2.31. The van der Waals surface area contributed by atoms with Gasteiger partial charge in [0.25, 0.3) is 0 Å². The summed E-state index contributed by atoms with van der Waals surface area (Å²) < 4.78 is 26.4. The minimum atomic E-state index is -1.44. The van der Waals surface area contributed by atoms with Crippen LogP contribution in [0.3, 0.4) is 0 Å². The van der Waals surface area contributed by atoms with Crippen LogP contribution in [0.4, 0.5) is 0 Å². The Labute approximate surface area is 184 Å². The van der Waals surface area contributed by atoms with E-state index in [0.717, 1.165) is 26.3 Å². The molecule has 1 aromatic rings. The van der Waals surface area contributed by atoms with E-state index in [4.69, 9.17) is 33.5 Å². The van der Waals surface area contributed by atoms with Crippen LogP contribution in [0.2, 0.25) is 0 Å². The largest absolute Gasteiger partial charge is 0.463 e. The lowest BCUT2D eigenvalue weighted by atomic mass is 9.98. The molecular formula is C21H26O11. The van der Waals surface area contributed by atoms with Crippen LogP contribution in [0.25, 0.3) is 0 Å². The molecular weight excluding hydrogens is 428 g/mol. The number of carbonyl (C=O) groups is 4. The normalized spacial score (nSPS) is 24.8. The lowest BCUT2D eigenvalue weighted by molar-refractivity contribution is -0.398. The van der Waals surface area contributed by atoms with E-state index >= 15 is 0 Å². The van der Waals surface area contributed by atoms with Crippen LogP contribution in [0, 0.1) is 0 Å². The summed E-state index contributed by atoms with van der Waals surface area (Å²) in [5, 5.41) is 0. The zero-order valence-corrected chi connectivity index (χ0v) is 18.2. The highest BCUT2D eigenvalue weighted by Gasteiger charge is 2.53. The second-order valence-electron chi connectivity index (χ2n) is 6.91. The fourth-order valence-corrected chi connectivity index (χ4v) is 2.99. The summed E-state index contributed by atoms with van der Waals surface area (Å²) in [6, 6.07) is 9.04. The number of benzene rings is 1. The highest BCUT2D eigenvalue weighted by molar-refractivity contribution is 5.68. The van der Waals surface area contributed by atoms with Gasteiger partial charge in [-0.05, 0) is 5.56 Å². The topological polar surface area (TPSA) is 133 Å². The highest BCUT2D eigenvalue weighted by Crippen LogP contribution is 2.30. The predicted octanol–water partition coefficient (Wildman–Crippen LogP) is 1.22. The van der Waals surface area contributed by atoms with Gasteiger partial charge in [0.2, 0.25) is 6.29 Å². The van der Waals surface area contributed by atoms with Gasteiger partial charge in [-0.25, -0.2) is 9.78 Å². The Hall–Kier alpha value is -3.02. The molecule has 5 atom stereocenters. The first kappa shape index (κ1) is 25.2. The summed E-state index contributed by atoms with van der Waals surface area (Å²) in [4.78, 5) is 57.2. The fourth-order valence-electron chi connectivity index (χ4n) is 2.99. The lowest BCUT2D eigenvalue weighted by Crippen LogP contribution is -2.62. The van der Waals surface area contributed by atoms with Crippen molar-refractivity contribution in [3.63, 3.8) is 0 Å². The summed E-state index contributed by atoms with van der Waals surface area (Å²) in [5.74, 6) is -2.77. The molecule has 11 nitrogen and oxygen atoms in total. The maximum atomic E-state index is 11.7. The number of esters is 4. The van der Waals surface area contributed by atoms with Crippen molar-refractivity contribution in [3.05, 3.63) is 35.9 Å². The molecule has 1 fully saturated rings. The average molecular weight is 454 g/mol. The number of carbonyl (C=O) groups excluding carboxylic acids is 4. The van der Waals surface area contributed by atoms with Gasteiger partial charge in [-0.2, -0.15) is 0 Å². The molecule has 0 radical (unpaired) electrons. The molecule has 32 heavy (non-hydrogen) atoms. The second kappa shape index (κ2) is 12.1. The molecule has 11 heteroatoms. The third-order valence-electron chi connectivity index (χ3n) is 4.18. The molecule has 0 spiro atoms. The molecule has 1 aromatic carbocycles. The zero-order valence-electron chi connectivity index (χ0n) is 18.2. The Morgan fingerprint density at radius 3 is 1.94 bits per heavy atom. The van der Waals surface area contributed by atoms with Gasteiger partial charge in [0.05, 0.1) is 0 Å². The standard InChI is InChI=1S/C21H26O11/c1-12(22)26-11-17-18(28-13(2)23)19(32-27-10-16-8-6-5-7-9-16)20(29-14(3)24)21(31-17)30-15(4)25/h5-9,17-21H,10-11H2,1-4H3/t17-,18-,19+,20-,21-/m1/s1. The Kier molecular flexibility index (Phi) is 9.57. The Bertz CT molecular complexity index is 794. The molecule has 1 aliphatic rings. The van der Waals surface area contributed by atoms with Crippen LogP contribution in [0.1, 0.15) is 33.3 Å². The number of rotatable bonds is 9. The van der Waals surface area contributed by atoms with Gasteiger partial charge in [-0.15, -0.1) is 0 Å². The SMILES string of the molecule is CC(=O)OC[C@H]1O[C@@H](OC(C)=O)[C@H](OC(C)=O)[C@@H](OOCc2ccccc2)[C@@H]1OC(C)=O. The summed E-state index contributed by atoms with van der Waals surface area (Å²) in [7, 11) is 0. The molecule has 0 bridgehead atoms. The molecule has 0 aliphatic carbocycles. The van der Waals surface area contributed by atoms with E-state index < -0.39 is 54.6 Å². The van der Waals surface area contributed by atoms with E-state index in [2.05, 4.69) is 0 Å². The maximum absolute atomic E-state index is 11.7. The van der Waals surface area contributed by atoms with Gasteiger partial charge >= 0.3 is 23.9 Å². The van der Waals surface area contributed by atoms with E-state index in [1.165, 1.54) is 6.92 Å². The minimum absolute atomic E-state index is 0.0185. The summed E-state index contributed by atoms with van der Waals surface area (Å²) in [6.07, 6.45) is -6.38. The fraction of sp³-hybridized carbons (Fsp3) is 0.524. The highest BCUT2D eigenvalue weighted by atomic mass is 17.2. The Morgan fingerprint density at radius 2 is 1.38 bits per heavy atom. The Morgan fingerprint density at radius 1 is 0.781 bits per heavy atom. The molecule has 1 saturated heterocycles. The van der Waals surface area contributed by atoms with Crippen LogP contribution >= 0.6 is 0 Å². The van der Waals surface area contributed by atoms with E-state index in [0.29, 0.717) is 0 Å². The van der Waals surface area contributed by atoms with Crippen molar-refractivity contribution in [3.8, 4) is 0 Å². The first-order valence-corrected chi connectivity index (χ1v) is 9.80. The van der Waals surface area contributed by atoms with Crippen LogP contribution in [-0.4, -0.2) is 61.2 Å². The van der Waals surface area contributed by atoms with Crippen molar-refractivity contribution >= 4 is 23.9 Å². The van der Waals surface area contributed by atoms with Gasteiger partial charge in [0.1, 0.15) is 19.3 Å². The summed E-state index contributed by atoms with van der Waals surface area (Å²) in [5.41, 5.74) is 0.778. The molecule has 176 valence electrons. The smallest absolute Gasteiger partial charge is 0.305 e. The summed E-state index contributed by atoms with van der Waals surface area (Å²) >= 11 is 0. The number of ether oxygens (including phenoxy) is 5. The second-order valence-corrected chi connectivity index (χ2v) is 6.91. The predicted molar refractivity (Wildman–Crippen MR) is 104 cm³/mol. The molecule has 1 heterocycles. The van der Waals surface area contributed by atoms with E-state index in [1.807, 2.05) is 18.2 Å². The first-order chi connectivity index (χ1) is 15.2. The third-order valence-corrected chi connectivity index (χ3v) is 4.18. The maximum Gasteiger partial charge on any atom is 0.305 e. The van der Waals surface area contributed by atoms with E-state index in [1.54, 1.807) is 12.1 Å². The summed E-state index contributed by atoms with van der Waals surface area (Å²) in [6.45, 7) is 4.28. The molecule has 0 unspecified atom stereocenters. The number of hydrogen-bond donors (Lipinski definition) is 0. The lowest BCUT2D eigenvalue weighted by Gasteiger charge is -2.43. The zero-order chi connectivity index (χ0) is 23.7. The van der Waals surface area contributed by atoms with Crippen LogP contribution in [0.15, 0.2) is 30.3 Å². The van der Waals surface area contributed by atoms with Gasteiger partial charge in [0, 0.05) is 27.7 Å². The molecule has 0 saturated carbocycles. The van der Waals surface area contributed by atoms with Gasteiger partial charge in [0.15, 0.2) is 18.3 Å². The third kappa shape index (κ3) is 7.91. The van der Waals surface area contributed by atoms with Gasteiger partial charge in [-0.1, -0.05) is 30.3 Å². The van der Waals surface area contributed by atoms with Crippen molar-refractivity contribution < 1.29 is 52.6 Å². The molecule has 1 aliphatic heterocycles. The minimum Gasteiger partial charge on any atom is -0.463 e. The van der Waals surface area contributed by atoms with Crippen molar-refractivity contribution in [2.75, 3.05) is 6.61 Å². The average Bonchev–Trinajstić information content (AvgIpc) is 2.70. The quantitative estimate of drug-likeness (QED) is 0.231. The monoisotopic (exact) mass is 454 g/mol. The van der Waals surface area contributed by atoms with Crippen molar-refractivity contribution in [1.29, 1.82) is 0 Å².